The fourth-order valence-electron chi connectivity index (χ4n) is 2.48. The van der Waals surface area contributed by atoms with Gasteiger partial charge in [-0.2, -0.15) is 0 Å². The molecule has 0 spiro atoms. The number of aromatic nitrogens is 2. The highest BCUT2D eigenvalue weighted by molar-refractivity contribution is 6.07. The molecule has 22 heavy (non-hydrogen) atoms. The summed E-state index contributed by atoms with van der Waals surface area (Å²) in [7, 11) is 0. The molecular weight excluding hydrogens is 282 g/mol. The molecule has 1 aromatic carbocycles. The molecule has 3 rings (SSSR count). The van der Waals surface area contributed by atoms with E-state index in [0.29, 0.717) is 16.5 Å². The van der Waals surface area contributed by atoms with E-state index < -0.39 is 11.9 Å². The van der Waals surface area contributed by atoms with Gasteiger partial charge in [0.25, 0.3) is 5.91 Å². The molecule has 0 bridgehead atoms. The predicted molar refractivity (Wildman–Crippen MR) is 81.3 cm³/mol. The monoisotopic (exact) mass is 295 g/mol. The third-order valence-corrected chi connectivity index (χ3v) is 3.45. The Morgan fingerprint density at radius 1 is 1.23 bits per heavy atom. The van der Waals surface area contributed by atoms with Gasteiger partial charge < -0.3 is 15.4 Å². The molecule has 2 heterocycles. The Balaban J connectivity index is 2.20. The molecule has 3 aromatic rings. The van der Waals surface area contributed by atoms with Crippen LogP contribution in [0.1, 0.15) is 10.4 Å². The maximum atomic E-state index is 11.6. The molecule has 0 aliphatic carbocycles. The molecule has 0 atom stereocenters. The summed E-state index contributed by atoms with van der Waals surface area (Å²) in [6.07, 6.45) is 4.88. The topological polar surface area (TPSA) is 98.2 Å². The van der Waals surface area contributed by atoms with Gasteiger partial charge in [-0.1, -0.05) is 12.1 Å². The molecule has 0 saturated carbocycles. The molecule has 6 nitrogen and oxygen atoms in total. The summed E-state index contributed by atoms with van der Waals surface area (Å²) in [5.41, 5.74) is 8.16. The number of rotatable bonds is 4. The van der Waals surface area contributed by atoms with Gasteiger partial charge >= 0.3 is 5.97 Å². The van der Waals surface area contributed by atoms with Crippen molar-refractivity contribution >= 4 is 22.8 Å². The van der Waals surface area contributed by atoms with Gasteiger partial charge in [0.2, 0.25) is 0 Å². The maximum Gasteiger partial charge on any atom is 0.323 e. The van der Waals surface area contributed by atoms with Crippen molar-refractivity contribution in [2.24, 2.45) is 5.73 Å². The minimum atomic E-state index is -0.982. The Morgan fingerprint density at radius 3 is 2.68 bits per heavy atom. The van der Waals surface area contributed by atoms with Crippen LogP contribution in [0.5, 0.6) is 0 Å². The average molecular weight is 295 g/mol. The van der Waals surface area contributed by atoms with Crippen molar-refractivity contribution in [2.45, 2.75) is 6.54 Å². The number of amides is 1. The van der Waals surface area contributed by atoms with Gasteiger partial charge in [-0.05, 0) is 23.8 Å². The SMILES string of the molecule is NC(=O)c1cn(CC(=O)O)c2ccc(-c3cccnc3)cc12. The number of hydrogen-bond acceptors (Lipinski definition) is 3. The first-order valence-electron chi connectivity index (χ1n) is 6.61. The van der Waals surface area contributed by atoms with Crippen molar-refractivity contribution in [1.82, 2.24) is 9.55 Å². The van der Waals surface area contributed by atoms with Crippen molar-refractivity contribution in [2.75, 3.05) is 0 Å². The number of carboxylic acid groups (broad SMARTS) is 1. The summed E-state index contributed by atoms with van der Waals surface area (Å²) in [6, 6.07) is 9.21. The van der Waals surface area contributed by atoms with Crippen LogP contribution in [0.4, 0.5) is 0 Å². The van der Waals surface area contributed by atoms with E-state index in [1.54, 1.807) is 18.5 Å². The summed E-state index contributed by atoms with van der Waals surface area (Å²) in [4.78, 5) is 26.6. The Morgan fingerprint density at radius 2 is 2.05 bits per heavy atom. The Bertz CT molecular complexity index is 869. The number of carbonyl (C=O) groups excluding carboxylic acids is 1. The highest BCUT2D eigenvalue weighted by atomic mass is 16.4. The molecule has 110 valence electrons. The van der Waals surface area contributed by atoms with Crippen molar-refractivity contribution < 1.29 is 14.7 Å². The summed E-state index contributed by atoms with van der Waals surface area (Å²) < 4.78 is 1.50. The molecule has 0 unspecified atom stereocenters. The number of aliphatic carboxylic acids is 1. The molecule has 3 N–H and O–H groups in total. The number of fused-ring (bicyclic) bond motifs is 1. The minimum Gasteiger partial charge on any atom is -0.480 e. The van der Waals surface area contributed by atoms with E-state index in [9.17, 15) is 9.59 Å². The lowest BCUT2D eigenvalue weighted by Crippen LogP contribution is -2.11. The Hall–Kier alpha value is -3.15. The lowest BCUT2D eigenvalue weighted by molar-refractivity contribution is -0.137. The van der Waals surface area contributed by atoms with Gasteiger partial charge in [-0.3, -0.25) is 14.6 Å². The van der Waals surface area contributed by atoms with Gasteiger partial charge in [0.15, 0.2) is 0 Å². The number of carbonyl (C=O) groups is 2. The van der Waals surface area contributed by atoms with Crippen molar-refractivity contribution in [3.05, 3.63) is 54.5 Å². The van der Waals surface area contributed by atoms with Crippen LogP contribution >= 0.6 is 0 Å². The van der Waals surface area contributed by atoms with E-state index in [4.69, 9.17) is 10.8 Å². The van der Waals surface area contributed by atoms with Crippen LogP contribution in [0.25, 0.3) is 22.0 Å². The molecule has 1 amide bonds. The largest absolute Gasteiger partial charge is 0.480 e. The third-order valence-electron chi connectivity index (χ3n) is 3.45. The first-order valence-corrected chi connectivity index (χ1v) is 6.61. The second-order valence-electron chi connectivity index (χ2n) is 4.90. The first-order chi connectivity index (χ1) is 10.6. The quantitative estimate of drug-likeness (QED) is 0.767. The number of pyridine rings is 1. The summed E-state index contributed by atoms with van der Waals surface area (Å²) in [5.74, 6) is -1.57. The highest BCUT2D eigenvalue weighted by Crippen LogP contribution is 2.27. The van der Waals surface area contributed by atoms with Gasteiger partial charge in [0.1, 0.15) is 6.54 Å². The molecule has 0 aliphatic rings. The zero-order chi connectivity index (χ0) is 15.7. The van der Waals surface area contributed by atoms with E-state index in [0.717, 1.165) is 11.1 Å². The smallest absolute Gasteiger partial charge is 0.323 e. The van der Waals surface area contributed by atoms with Crippen molar-refractivity contribution in [1.29, 1.82) is 0 Å². The van der Waals surface area contributed by atoms with E-state index in [2.05, 4.69) is 4.98 Å². The van der Waals surface area contributed by atoms with Crippen LogP contribution < -0.4 is 5.73 Å². The second-order valence-corrected chi connectivity index (χ2v) is 4.90. The van der Waals surface area contributed by atoms with Gasteiger partial charge in [0, 0.05) is 35.1 Å². The number of hydrogen-bond donors (Lipinski definition) is 2. The summed E-state index contributed by atoms with van der Waals surface area (Å²) in [5, 5.41) is 9.60. The van der Waals surface area contributed by atoms with Gasteiger partial charge in [-0.15, -0.1) is 0 Å². The van der Waals surface area contributed by atoms with Crippen LogP contribution in [0, 0.1) is 0 Å². The first kappa shape index (κ1) is 13.8. The maximum absolute atomic E-state index is 11.6. The average Bonchev–Trinajstić information content (AvgIpc) is 2.86. The van der Waals surface area contributed by atoms with Crippen LogP contribution in [0.15, 0.2) is 48.9 Å². The highest BCUT2D eigenvalue weighted by Gasteiger charge is 2.15. The second kappa shape index (κ2) is 5.33. The normalized spacial score (nSPS) is 10.7. The van der Waals surface area contributed by atoms with Crippen molar-refractivity contribution in [3.63, 3.8) is 0 Å². The van der Waals surface area contributed by atoms with Gasteiger partial charge in [0.05, 0.1) is 5.56 Å². The number of nitrogens with zero attached hydrogens (tertiary/aromatic N) is 2. The van der Waals surface area contributed by atoms with Crippen LogP contribution in [0.2, 0.25) is 0 Å². The number of carboxylic acids is 1. The molecule has 0 radical (unpaired) electrons. The van der Waals surface area contributed by atoms with E-state index in [1.807, 2.05) is 24.3 Å². The Kier molecular flexibility index (Phi) is 3.34. The van der Waals surface area contributed by atoms with E-state index >= 15 is 0 Å². The van der Waals surface area contributed by atoms with Crippen LogP contribution in [-0.4, -0.2) is 26.5 Å². The molecule has 2 aromatic heterocycles. The molecule has 0 fully saturated rings. The molecule has 0 saturated heterocycles. The fraction of sp³-hybridized carbons (Fsp3) is 0.0625. The molecule has 0 aliphatic heterocycles. The lowest BCUT2D eigenvalue weighted by atomic mass is 10.0. The van der Waals surface area contributed by atoms with Crippen molar-refractivity contribution in [3.8, 4) is 11.1 Å². The Labute approximate surface area is 125 Å². The summed E-state index contributed by atoms with van der Waals surface area (Å²) >= 11 is 0. The molecular formula is C16H13N3O3. The fourth-order valence-corrected chi connectivity index (χ4v) is 2.48. The zero-order valence-electron chi connectivity index (χ0n) is 11.6. The number of benzene rings is 1. The van der Waals surface area contributed by atoms with E-state index in [-0.39, 0.29) is 6.54 Å². The number of nitrogens with two attached hydrogens (primary N) is 1. The number of primary amides is 1. The third kappa shape index (κ3) is 2.42. The zero-order valence-corrected chi connectivity index (χ0v) is 11.6. The minimum absolute atomic E-state index is 0.226. The standard InChI is InChI=1S/C16H13N3O3/c17-16(22)13-8-19(9-15(20)21)14-4-3-10(6-12(13)14)11-2-1-5-18-7-11/h1-8H,9H2,(H2,17,22)(H,20,21). The van der Waals surface area contributed by atoms with E-state index in [1.165, 1.54) is 10.8 Å². The van der Waals surface area contributed by atoms with Crippen LogP contribution in [0.3, 0.4) is 0 Å². The summed E-state index contributed by atoms with van der Waals surface area (Å²) in [6.45, 7) is -0.226. The van der Waals surface area contributed by atoms with Gasteiger partial charge in [-0.25, -0.2) is 0 Å². The lowest BCUT2D eigenvalue weighted by Gasteiger charge is -2.04. The predicted octanol–water partition coefficient (Wildman–Crippen LogP) is 1.89. The van der Waals surface area contributed by atoms with Crippen LogP contribution in [-0.2, 0) is 11.3 Å². The molecule has 6 heteroatoms.